The minimum atomic E-state index is -0.713. The number of aromatic amines is 1. The zero-order chi connectivity index (χ0) is 17.1. The highest BCUT2D eigenvalue weighted by atomic mass is 16.6. The Bertz CT molecular complexity index is 909. The molecule has 0 aliphatic carbocycles. The summed E-state index contributed by atoms with van der Waals surface area (Å²) in [5, 5.41) is 20.6. The molecular formula is C16H13N7O2. The third-order valence-electron chi connectivity index (χ3n) is 3.69. The van der Waals surface area contributed by atoms with Crippen LogP contribution in [0.3, 0.4) is 0 Å². The van der Waals surface area contributed by atoms with Gasteiger partial charge in [-0.25, -0.2) is 0 Å². The average Bonchev–Trinajstić information content (AvgIpc) is 3.35. The van der Waals surface area contributed by atoms with E-state index in [4.69, 9.17) is 4.84 Å². The van der Waals surface area contributed by atoms with Crippen LogP contribution in [0.5, 0.6) is 0 Å². The van der Waals surface area contributed by atoms with Crippen molar-refractivity contribution in [3.63, 3.8) is 0 Å². The van der Waals surface area contributed by atoms with Gasteiger partial charge in [-0.15, -0.1) is 10.2 Å². The number of carbonyl (C=O) groups excluding carboxylic acids is 1. The summed E-state index contributed by atoms with van der Waals surface area (Å²) in [7, 11) is 0. The van der Waals surface area contributed by atoms with Crippen LogP contribution in [-0.4, -0.2) is 43.3 Å². The van der Waals surface area contributed by atoms with Crippen LogP contribution < -0.4 is 5.32 Å². The Hall–Kier alpha value is -3.62. The van der Waals surface area contributed by atoms with Crippen molar-refractivity contribution in [3.05, 3.63) is 54.4 Å². The zero-order valence-corrected chi connectivity index (χ0v) is 13.0. The monoisotopic (exact) mass is 335 g/mol. The first kappa shape index (κ1) is 14.9. The number of carbonyl (C=O) groups is 1. The van der Waals surface area contributed by atoms with Gasteiger partial charge in [0.05, 0.1) is 11.4 Å². The third kappa shape index (κ3) is 3.07. The molecular weight excluding hydrogens is 322 g/mol. The highest BCUT2D eigenvalue weighted by molar-refractivity contribution is 6.05. The molecule has 0 spiro atoms. The first-order valence-corrected chi connectivity index (χ1v) is 7.59. The number of amides is 1. The quantitative estimate of drug-likeness (QED) is 0.744. The molecule has 1 aromatic carbocycles. The van der Waals surface area contributed by atoms with Gasteiger partial charge in [0.25, 0.3) is 5.91 Å². The lowest BCUT2D eigenvalue weighted by Crippen LogP contribution is -2.28. The van der Waals surface area contributed by atoms with E-state index < -0.39 is 6.10 Å². The van der Waals surface area contributed by atoms with Crippen molar-refractivity contribution in [2.24, 2.45) is 5.16 Å². The van der Waals surface area contributed by atoms with E-state index >= 15 is 0 Å². The number of benzene rings is 1. The highest BCUT2D eigenvalue weighted by Gasteiger charge is 2.30. The van der Waals surface area contributed by atoms with Crippen molar-refractivity contribution in [1.82, 2.24) is 25.6 Å². The van der Waals surface area contributed by atoms with E-state index in [9.17, 15) is 4.79 Å². The molecule has 2 aromatic heterocycles. The van der Waals surface area contributed by atoms with Gasteiger partial charge in [0.1, 0.15) is 5.71 Å². The molecule has 4 rings (SSSR count). The fourth-order valence-corrected chi connectivity index (χ4v) is 2.48. The molecule has 0 saturated carbocycles. The summed E-state index contributed by atoms with van der Waals surface area (Å²) in [4.78, 5) is 22.0. The molecule has 1 atom stereocenters. The molecule has 1 aliphatic heterocycles. The molecule has 3 aromatic rings. The maximum atomic E-state index is 12.5. The van der Waals surface area contributed by atoms with Crippen molar-refractivity contribution in [1.29, 1.82) is 0 Å². The maximum absolute atomic E-state index is 12.5. The molecule has 9 heteroatoms. The number of nitrogens with one attached hydrogen (secondary N) is 2. The van der Waals surface area contributed by atoms with Crippen molar-refractivity contribution < 1.29 is 9.63 Å². The molecule has 0 saturated heterocycles. The standard InChI is InChI=1S/C16H13N7O2/c24-16(14-9-13(21-25-14)12-7-3-4-8-17-12)18-11-6-2-1-5-10(11)15-19-22-23-20-15/h1-8,14H,9H2,(H,18,24)(H,19,20,22,23). The number of anilines is 1. The Morgan fingerprint density at radius 3 is 2.88 bits per heavy atom. The summed E-state index contributed by atoms with van der Waals surface area (Å²) in [5.74, 6) is 0.0966. The molecule has 124 valence electrons. The van der Waals surface area contributed by atoms with Crippen molar-refractivity contribution in [2.45, 2.75) is 12.5 Å². The summed E-state index contributed by atoms with van der Waals surface area (Å²) in [6, 6.07) is 12.7. The largest absolute Gasteiger partial charge is 0.382 e. The molecule has 0 bridgehead atoms. The fourth-order valence-electron chi connectivity index (χ4n) is 2.48. The van der Waals surface area contributed by atoms with Crippen LogP contribution in [-0.2, 0) is 9.63 Å². The second kappa shape index (κ2) is 6.48. The van der Waals surface area contributed by atoms with E-state index in [1.807, 2.05) is 30.3 Å². The van der Waals surface area contributed by atoms with Gasteiger partial charge in [-0.3, -0.25) is 9.78 Å². The lowest BCUT2D eigenvalue weighted by atomic mass is 10.1. The van der Waals surface area contributed by atoms with Crippen LogP contribution in [0.25, 0.3) is 11.4 Å². The molecule has 25 heavy (non-hydrogen) atoms. The molecule has 1 amide bonds. The first-order valence-electron chi connectivity index (χ1n) is 7.59. The van der Waals surface area contributed by atoms with Crippen LogP contribution in [0.2, 0.25) is 0 Å². The SMILES string of the molecule is O=C(Nc1ccccc1-c1nn[nH]n1)C1CC(c2ccccn2)=NO1. The lowest BCUT2D eigenvalue weighted by Gasteiger charge is -2.11. The van der Waals surface area contributed by atoms with Gasteiger partial charge in [-0.05, 0) is 29.5 Å². The Balaban J connectivity index is 1.48. The summed E-state index contributed by atoms with van der Waals surface area (Å²) in [6.07, 6.45) is 1.31. The lowest BCUT2D eigenvalue weighted by molar-refractivity contribution is -0.125. The third-order valence-corrected chi connectivity index (χ3v) is 3.69. The number of rotatable bonds is 4. The van der Waals surface area contributed by atoms with E-state index in [0.29, 0.717) is 34.9 Å². The summed E-state index contributed by atoms with van der Waals surface area (Å²) >= 11 is 0. The minimum Gasteiger partial charge on any atom is -0.382 e. The van der Waals surface area contributed by atoms with Gasteiger partial charge in [-0.1, -0.05) is 23.4 Å². The number of pyridine rings is 1. The normalized spacial score (nSPS) is 16.2. The molecule has 0 radical (unpaired) electrons. The first-order chi connectivity index (χ1) is 12.3. The number of para-hydroxylation sites is 1. The van der Waals surface area contributed by atoms with Crippen LogP contribution in [0.4, 0.5) is 5.69 Å². The van der Waals surface area contributed by atoms with Crippen LogP contribution in [0, 0.1) is 0 Å². The summed E-state index contributed by atoms with van der Waals surface area (Å²) in [5.41, 5.74) is 2.58. The summed E-state index contributed by atoms with van der Waals surface area (Å²) in [6.45, 7) is 0. The number of tetrazole rings is 1. The molecule has 1 unspecified atom stereocenters. The second-order valence-electron chi connectivity index (χ2n) is 5.32. The minimum absolute atomic E-state index is 0.300. The van der Waals surface area contributed by atoms with Gasteiger partial charge < -0.3 is 10.2 Å². The molecule has 1 aliphatic rings. The Kier molecular flexibility index (Phi) is 3.87. The predicted octanol–water partition coefficient (Wildman–Crippen LogP) is 1.39. The Morgan fingerprint density at radius 2 is 2.08 bits per heavy atom. The molecule has 0 fully saturated rings. The van der Waals surface area contributed by atoms with Crippen molar-refractivity contribution in [3.8, 4) is 11.4 Å². The number of oxime groups is 1. The Labute approximate surface area is 142 Å². The van der Waals surface area contributed by atoms with Gasteiger partial charge >= 0.3 is 0 Å². The number of H-pyrrole nitrogens is 1. The van der Waals surface area contributed by atoms with E-state index in [0.717, 1.165) is 0 Å². The van der Waals surface area contributed by atoms with Crippen LogP contribution in [0.15, 0.2) is 53.8 Å². The van der Waals surface area contributed by atoms with Gasteiger partial charge in [0, 0.05) is 18.2 Å². The number of aromatic nitrogens is 5. The van der Waals surface area contributed by atoms with Gasteiger partial charge in [-0.2, -0.15) is 5.21 Å². The molecule has 2 N–H and O–H groups in total. The summed E-state index contributed by atoms with van der Waals surface area (Å²) < 4.78 is 0. The number of nitrogens with zero attached hydrogens (tertiary/aromatic N) is 5. The van der Waals surface area contributed by atoms with Crippen molar-refractivity contribution >= 4 is 17.3 Å². The predicted molar refractivity (Wildman–Crippen MR) is 88.5 cm³/mol. The van der Waals surface area contributed by atoms with E-state index in [-0.39, 0.29) is 5.91 Å². The van der Waals surface area contributed by atoms with Gasteiger partial charge in [0.15, 0.2) is 0 Å². The average molecular weight is 335 g/mol. The van der Waals surface area contributed by atoms with Crippen LogP contribution in [0.1, 0.15) is 12.1 Å². The van der Waals surface area contributed by atoms with Gasteiger partial charge in [0.2, 0.25) is 11.9 Å². The number of hydrogen-bond acceptors (Lipinski definition) is 7. The van der Waals surface area contributed by atoms with Crippen LogP contribution >= 0.6 is 0 Å². The van der Waals surface area contributed by atoms with E-state index in [1.54, 1.807) is 18.3 Å². The second-order valence-corrected chi connectivity index (χ2v) is 5.32. The topological polar surface area (TPSA) is 118 Å². The van der Waals surface area contributed by atoms with E-state index in [1.165, 1.54) is 0 Å². The van der Waals surface area contributed by atoms with E-state index in [2.05, 4.69) is 36.1 Å². The molecule has 9 nitrogen and oxygen atoms in total. The zero-order valence-electron chi connectivity index (χ0n) is 13.0. The van der Waals surface area contributed by atoms with Crippen molar-refractivity contribution in [2.75, 3.05) is 5.32 Å². The fraction of sp³-hybridized carbons (Fsp3) is 0.125. The Morgan fingerprint density at radius 1 is 1.20 bits per heavy atom. The highest BCUT2D eigenvalue weighted by Crippen LogP contribution is 2.25. The maximum Gasteiger partial charge on any atom is 0.268 e. The molecule has 3 heterocycles. The smallest absolute Gasteiger partial charge is 0.268 e. The number of hydrogen-bond donors (Lipinski definition) is 2.